The summed E-state index contributed by atoms with van der Waals surface area (Å²) in [5.74, 6) is 1.87. The van der Waals surface area contributed by atoms with Crippen molar-refractivity contribution in [2.24, 2.45) is 5.92 Å². The number of nitrogens with zero attached hydrogens (tertiary/aromatic N) is 3. The van der Waals surface area contributed by atoms with Gasteiger partial charge in [-0.05, 0) is 25.7 Å². The number of nitrogens with one attached hydrogen (secondary N) is 1. The van der Waals surface area contributed by atoms with E-state index in [2.05, 4.69) is 24.3 Å². The first-order valence-electron chi connectivity index (χ1n) is 9.68. The highest BCUT2D eigenvalue weighted by molar-refractivity contribution is 5.83. The zero-order chi connectivity index (χ0) is 19.7. The number of hydrogen-bond acceptors (Lipinski definition) is 4. The van der Waals surface area contributed by atoms with Crippen molar-refractivity contribution in [1.82, 2.24) is 19.5 Å². The normalized spacial score (nSPS) is 13.0. The SMILES string of the molecule is CCc1nn(C(CC)C(=O)NCCC(C)C)c(=O)c2cc3oc(C)cc3n12. The molecule has 3 heterocycles. The maximum absolute atomic E-state index is 13.1. The minimum Gasteiger partial charge on any atom is -0.460 e. The van der Waals surface area contributed by atoms with Crippen molar-refractivity contribution in [2.75, 3.05) is 6.54 Å². The summed E-state index contributed by atoms with van der Waals surface area (Å²) >= 11 is 0. The Hall–Kier alpha value is -2.57. The third-order valence-electron chi connectivity index (χ3n) is 4.84. The van der Waals surface area contributed by atoms with Crippen molar-refractivity contribution >= 4 is 22.5 Å². The van der Waals surface area contributed by atoms with Gasteiger partial charge in [-0.3, -0.25) is 14.0 Å². The molecule has 0 aliphatic heterocycles. The Balaban J connectivity index is 2.06. The number of carbonyl (C=O) groups excluding carboxylic acids is 1. The highest BCUT2D eigenvalue weighted by Gasteiger charge is 2.24. The van der Waals surface area contributed by atoms with Gasteiger partial charge in [-0.15, -0.1) is 0 Å². The van der Waals surface area contributed by atoms with Crippen molar-refractivity contribution in [2.45, 2.75) is 59.9 Å². The summed E-state index contributed by atoms with van der Waals surface area (Å²) in [5, 5.41) is 7.49. The second-order valence-electron chi connectivity index (χ2n) is 7.39. The average Bonchev–Trinajstić information content (AvgIpc) is 3.13. The third kappa shape index (κ3) is 3.50. The second kappa shape index (κ2) is 7.58. The molecule has 1 atom stereocenters. The summed E-state index contributed by atoms with van der Waals surface area (Å²) in [6, 6.07) is 3.02. The molecular weight excluding hydrogens is 344 g/mol. The van der Waals surface area contributed by atoms with E-state index in [-0.39, 0.29) is 11.5 Å². The van der Waals surface area contributed by atoms with Crippen LogP contribution in [0.2, 0.25) is 0 Å². The Bertz CT molecular complexity index is 1030. The minimum atomic E-state index is -0.622. The molecule has 0 fully saturated rings. The maximum Gasteiger partial charge on any atom is 0.291 e. The van der Waals surface area contributed by atoms with Gasteiger partial charge in [0.15, 0.2) is 5.58 Å². The van der Waals surface area contributed by atoms with Gasteiger partial charge in [-0.25, -0.2) is 4.68 Å². The van der Waals surface area contributed by atoms with Gasteiger partial charge in [0, 0.05) is 25.1 Å². The van der Waals surface area contributed by atoms with Crippen LogP contribution in [0.3, 0.4) is 0 Å². The van der Waals surface area contributed by atoms with Gasteiger partial charge in [0.05, 0.1) is 5.52 Å². The van der Waals surface area contributed by atoms with Crippen molar-refractivity contribution in [3.8, 4) is 0 Å². The topological polar surface area (TPSA) is 81.5 Å². The second-order valence-corrected chi connectivity index (χ2v) is 7.39. The summed E-state index contributed by atoms with van der Waals surface area (Å²) < 4.78 is 8.86. The molecular formula is C20H28N4O3. The fourth-order valence-electron chi connectivity index (χ4n) is 3.39. The standard InChI is InChI=1S/C20H28N4O3/c1-6-14(19(25)21-9-8-12(3)4)24-20(26)16-11-17-15(10-13(5)27-17)23(16)18(7-2)22-24/h10-12,14H,6-9H2,1-5H3,(H,21,25). The van der Waals surface area contributed by atoms with Crippen molar-refractivity contribution in [3.05, 3.63) is 34.1 Å². The molecule has 0 saturated heterocycles. The van der Waals surface area contributed by atoms with E-state index >= 15 is 0 Å². The Morgan fingerprint density at radius 2 is 2.00 bits per heavy atom. The van der Waals surface area contributed by atoms with E-state index in [0.29, 0.717) is 36.4 Å². The minimum absolute atomic E-state index is 0.162. The molecule has 0 radical (unpaired) electrons. The van der Waals surface area contributed by atoms with Gasteiger partial charge < -0.3 is 9.73 Å². The van der Waals surface area contributed by atoms with E-state index in [1.807, 2.05) is 31.2 Å². The smallest absolute Gasteiger partial charge is 0.291 e. The molecule has 27 heavy (non-hydrogen) atoms. The van der Waals surface area contributed by atoms with Gasteiger partial charge in [0.25, 0.3) is 5.56 Å². The van der Waals surface area contributed by atoms with E-state index in [4.69, 9.17) is 4.42 Å². The van der Waals surface area contributed by atoms with Gasteiger partial charge >= 0.3 is 0 Å². The molecule has 3 aromatic heterocycles. The van der Waals surface area contributed by atoms with Crippen LogP contribution in [0.4, 0.5) is 0 Å². The van der Waals surface area contributed by atoms with Crippen LogP contribution in [-0.4, -0.2) is 26.6 Å². The number of carbonyl (C=O) groups is 1. The van der Waals surface area contributed by atoms with E-state index in [1.165, 1.54) is 4.68 Å². The van der Waals surface area contributed by atoms with Gasteiger partial charge in [-0.2, -0.15) is 5.10 Å². The lowest BCUT2D eigenvalue weighted by atomic mass is 10.1. The summed E-state index contributed by atoms with van der Waals surface area (Å²) in [6.07, 6.45) is 2.03. The summed E-state index contributed by atoms with van der Waals surface area (Å²) in [6.45, 7) is 10.6. The maximum atomic E-state index is 13.1. The quantitative estimate of drug-likeness (QED) is 0.690. The average molecular weight is 372 g/mol. The number of aromatic nitrogens is 3. The van der Waals surface area contributed by atoms with Gasteiger partial charge in [0.2, 0.25) is 5.91 Å². The zero-order valence-corrected chi connectivity index (χ0v) is 16.7. The van der Waals surface area contributed by atoms with Gasteiger partial charge in [-0.1, -0.05) is 27.7 Å². The lowest BCUT2D eigenvalue weighted by Gasteiger charge is -2.18. The molecule has 0 spiro atoms. The molecule has 0 aliphatic carbocycles. The molecule has 0 aromatic carbocycles. The Morgan fingerprint density at radius 3 is 2.63 bits per heavy atom. The summed E-state index contributed by atoms with van der Waals surface area (Å²) in [7, 11) is 0. The van der Waals surface area contributed by atoms with Crippen LogP contribution in [0, 0.1) is 12.8 Å². The number of hydrogen-bond donors (Lipinski definition) is 1. The number of aryl methyl sites for hydroxylation is 2. The fourth-order valence-corrected chi connectivity index (χ4v) is 3.39. The number of fused-ring (bicyclic) bond motifs is 3. The molecule has 0 saturated carbocycles. The first kappa shape index (κ1) is 19.2. The summed E-state index contributed by atoms with van der Waals surface area (Å²) in [5.41, 5.74) is 1.71. The lowest BCUT2D eigenvalue weighted by molar-refractivity contribution is -0.124. The van der Waals surface area contributed by atoms with E-state index in [1.54, 1.807) is 6.07 Å². The van der Waals surface area contributed by atoms with E-state index in [9.17, 15) is 9.59 Å². The van der Waals surface area contributed by atoms with E-state index in [0.717, 1.165) is 23.5 Å². The number of amides is 1. The van der Waals surface area contributed by atoms with Gasteiger partial charge in [0.1, 0.15) is 23.1 Å². The molecule has 1 amide bonds. The monoisotopic (exact) mass is 372 g/mol. The van der Waals surface area contributed by atoms with Crippen LogP contribution in [0.5, 0.6) is 0 Å². The highest BCUT2D eigenvalue weighted by atomic mass is 16.3. The van der Waals surface area contributed by atoms with Crippen molar-refractivity contribution < 1.29 is 9.21 Å². The Morgan fingerprint density at radius 1 is 1.26 bits per heavy atom. The van der Waals surface area contributed by atoms with Crippen molar-refractivity contribution in [1.29, 1.82) is 0 Å². The lowest BCUT2D eigenvalue weighted by Crippen LogP contribution is -2.40. The van der Waals surface area contributed by atoms with Crippen LogP contribution in [0.15, 0.2) is 21.3 Å². The third-order valence-corrected chi connectivity index (χ3v) is 4.84. The molecule has 1 N–H and O–H groups in total. The van der Waals surface area contributed by atoms with Crippen LogP contribution in [0.1, 0.15) is 58.2 Å². The summed E-state index contributed by atoms with van der Waals surface area (Å²) in [4.78, 5) is 25.8. The number of rotatable bonds is 7. The molecule has 1 unspecified atom stereocenters. The van der Waals surface area contributed by atoms with Crippen molar-refractivity contribution in [3.63, 3.8) is 0 Å². The Labute approximate surface area is 158 Å². The zero-order valence-electron chi connectivity index (χ0n) is 16.7. The van der Waals surface area contributed by atoms with Crippen LogP contribution in [0.25, 0.3) is 16.6 Å². The molecule has 7 heteroatoms. The van der Waals surface area contributed by atoms with Crippen LogP contribution < -0.4 is 10.9 Å². The largest absolute Gasteiger partial charge is 0.460 e. The molecule has 7 nitrogen and oxygen atoms in total. The van der Waals surface area contributed by atoms with E-state index < -0.39 is 6.04 Å². The first-order valence-corrected chi connectivity index (χ1v) is 9.68. The molecule has 3 rings (SSSR count). The predicted octanol–water partition coefficient (Wildman–Crippen LogP) is 3.23. The fraction of sp³-hybridized carbons (Fsp3) is 0.550. The molecule has 146 valence electrons. The Kier molecular flexibility index (Phi) is 5.39. The molecule has 3 aromatic rings. The molecule has 0 aliphatic rings. The first-order chi connectivity index (χ1) is 12.9. The van der Waals surface area contributed by atoms with Crippen LogP contribution in [-0.2, 0) is 11.2 Å². The van der Waals surface area contributed by atoms with Crippen LogP contribution >= 0.6 is 0 Å². The molecule has 0 bridgehead atoms. The highest BCUT2D eigenvalue weighted by Crippen LogP contribution is 2.24. The number of furan rings is 1. The predicted molar refractivity (Wildman–Crippen MR) is 105 cm³/mol.